The molecule has 0 aliphatic heterocycles. The first kappa shape index (κ1) is 14.0. The van der Waals surface area contributed by atoms with Gasteiger partial charge in [0.2, 0.25) is 0 Å². The van der Waals surface area contributed by atoms with Gasteiger partial charge in [0.1, 0.15) is 5.82 Å². The lowest BCUT2D eigenvalue weighted by Gasteiger charge is -2.12. The Bertz CT molecular complexity index is 502. The van der Waals surface area contributed by atoms with Gasteiger partial charge < -0.3 is 5.32 Å². The second-order valence-corrected chi connectivity index (χ2v) is 3.53. The fourth-order valence-electron chi connectivity index (χ4n) is 1.24. The summed E-state index contributed by atoms with van der Waals surface area (Å²) in [6.07, 6.45) is 0.148. The summed E-state index contributed by atoms with van der Waals surface area (Å²) in [6, 6.07) is 1.78. The Morgan fingerprint density at radius 2 is 2.06 bits per heavy atom. The van der Waals surface area contributed by atoms with E-state index in [0.29, 0.717) is 6.07 Å². The maximum atomic E-state index is 13.5. The Kier molecular flexibility index (Phi) is 3.96. The maximum absolute atomic E-state index is 13.5. The molecule has 6 heteroatoms. The number of alkyl halides is 3. The van der Waals surface area contributed by atoms with Crippen LogP contribution in [0.25, 0.3) is 0 Å². The van der Waals surface area contributed by atoms with Gasteiger partial charge in [-0.2, -0.15) is 13.2 Å². The van der Waals surface area contributed by atoms with Crippen molar-refractivity contribution < 1.29 is 22.4 Å². The van der Waals surface area contributed by atoms with Crippen molar-refractivity contribution >= 4 is 5.91 Å². The predicted molar refractivity (Wildman–Crippen MR) is 57.2 cm³/mol. The SMILES string of the molecule is C#CC(C)NC(=O)c1cccc(C(F)(F)F)c1F. The van der Waals surface area contributed by atoms with Crippen LogP contribution in [-0.2, 0) is 6.18 Å². The molecule has 0 saturated heterocycles. The number of hydrogen-bond donors (Lipinski definition) is 1. The molecule has 96 valence electrons. The second kappa shape index (κ2) is 5.08. The van der Waals surface area contributed by atoms with Crippen LogP contribution in [0, 0.1) is 18.2 Å². The van der Waals surface area contributed by atoms with Crippen LogP contribution in [0.5, 0.6) is 0 Å². The van der Waals surface area contributed by atoms with Crippen LogP contribution in [0.3, 0.4) is 0 Å². The fraction of sp³-hybridized carbons (Fsp3) is 0.250. The van der Waals surface area contributed by atoms with E-state index in [1.807, 2.05) is 0 Å². The van der Waals surface area contributed by atoms with Gasteiger partial charge in [-0.15, -0.1) is 6.42 Å². The summed E-state index contributed by atoms with van der Waals surface area (Å²) in [5.74, 6) is -0.434. The Balaban J connectivity index is 3.13. The first-order valence-electron chi connectivity index (χ1n) is 4.90. The van der Waals surface area contributed by atoms with Crippen LogP contribution in [0.15, 0.2) is 18.2 Å². The number of terminal acetylenes is 1. The van der Waals surface area contributed by atoms with Gasteiger partial charge in [0.05, 0.1) is 17.2 Å². The first-order chi connectivity index (χ1) is 8.27. The van der Waals surface area contributed by atoms with E-state index in [0.717, 1.165) is 12.1 Å². The van der Waals surface area contributed by atoms with Crippen molar-refractivity contribution in [3.8, 4) is 12.3 Å². The number of amides is 1. The molecule has 1 rings (SSSR count). The lowest BCUT2D eigenvalue weighted by atomic mass is 10.1. The zero-order valence-corrected chi connectivity index (χ0v) is 9.31. The molecule has 0 aliphatic carbocycles. The van der Waals surface area contributed by atoms with Gasteiger partial charge in [-0.3, -0.25) is 4.79 Å². The van der Waals surface area contributed by atoms with Crippen LogP contribution in [-0.4, -0.2) is 11.9 Å². The molecule has 1 N–H and O–H groups in total. The molecule has 0 spiro atoms. The molecule has 2 nitrogen and oxygen atoms in total. The average molecular weight is 259 g/mol. The third kappa shape index (κ3) is 3.00. The molecule has 0 aromatic heterocycles. The topological polar surface area (TPSA) is 29.1 Å². The predicted octanol–water partition coefficient (Wildman–Crippen LogP) is 2.60. The van der Waals surface area contributed by atoms with Crippen molar-refractivity contribution in [2.24, 2.45) is 0 Å². The Labute approximate surface area is 101 Å². The van der Waals surface area contributed by atoms with E-state index in [-0.39, 0.29) is 0 Å². The summed E-state index contributed by atoms with van der Waals surface area (Å²) >= 11 is 0. The van der Waals surface area contributed by atoms with Crippen molar-refractivity contribution in [2.45, 2.75) is 19.1 Å². The molecule has 1 amide bonds. The number of carbonyl (C=O) groups is 1. The average Bonchev–Trinajstić information content (AvgIpc) is 2.27. The molecule has 1 aromatic rings. The quantitative estimate of drug-likeness (QED) is 0.642. The fourth-order valence-corrected chi connectivity index (χ4v) is 1.24. The van der Waals surface area contributed by atoms with Gasteiger partial charge in [-0.1, -0.05) is 12.0 Å². The Hall–Kier alpha value is -2.03. The summed E-state index contributed by atoms with van der Waals surface area (Å²) in [4.78, 5) is 11.5. The molecule has 1 unspecified atom stereocenters. The van der Waals surface area contributed by atoms with Gasteiger partial charge in [-0.25, -0.2) is 4.39 Å². The van der Waals surface area contributed by atoms with Crippen LogP contribution in [0.1, 0.15) is 22.8 Å². The number of benzene rings is 1. The van der Waals surface area contributed by atoms with E-state index in [4.69, 9.17) is 6.42 Å². The second-order valence-electron chi connectivity index (χ2n) is 3.53. The lowest BCUT2D eigenvalue weighted by molar-refractivity contribution is -0.140. The molecule has 0 saturated carbocycles. The zero-order chi connectivity index (χ0) is 13.9. The minimum absolute atomic E-state index is 0.566. The van der Waals surface area contributed by atoms with E-state index >= 15 is 0 Å². The molecule has 1 atom stereocenters. The molecule has 0 heterocycles. The van der Waals surface area contributed by atoms with Crippen LogP contribution in [0.2, 0.25) is 0 Å². The van der Waals surface area contributed by atoms with E-state index < -0.39 is 35.1 Å². The van der Waals surface area contributed by atoms with Crippen LogP contribution in [0.4, 0.5) is 17.6 Å². The highest BCUT2D eigenvalue weighted by atomic mass is 19.4. The van der Waals surface area contributed by atoms with Crippen molar-refractivity contribution in [2.75, 3.05) is 0 Å². The number of halogens is 4. The largest absolute Gasteiger partial charge is 0.419 e. The van der Waals surface area contributed by atoms with Crippen LogP contribution >= 0.6 is 0 Å². The zero-order valence-electron chi connectivity index (χ0n) is 9.31. The molecule has 18 heavy (non-hydrogen) atoms. The summed E-state index contributed by atoms with van der Waals surface area (Å²) in [6.45, 7) is 1.45. The van der Waals surface area contributed by atoms with Gasteiger partial charge in [-0.05, 0) is 19.1 Å². The number of hydrogen-bond acceptors (Lipinski definition) is 1. The third-order valence-corrected chi connectivity index (χ3v) is 2.15. The van der Waals surface area contributed by atoms with E-state index in [9.17, 15) is 22.4 Å². The molecule has 0 aliphatic rings. The van der Waals surface area contributed by atoms with Crippen molar-refractivity contribution in [1.29, 1.82) is 0 Å². The molecular formula is C12H9F4NO. The molecular weight excluding hydrogens is 250 g/mol. The number of carbonyl (C=O) groups excluding carboxylic acids is 1. The Morgan fingerprint density at radius 1 is 1.44 bits per heavy atom. The van der Waals surface area contributed by atoms with Gasteiger partial charge in [0.25, 0.3) is 5.91 Å². The molecule has 0 fully saturated rings. The minimum Gasteiger partial charge on any atom is -0.339 e. The highest BCUT2D eigenvalue weighted by Gasteiger charge is 2.35. The highest BCUT2D eigenvalue weighted by molar-refractivity contribution is 5.95. The van der Waals surface area contributed by atoms with E-state index in [1.165, 1.54) is 6.92 Å². The summed E-state index contributed by atoms with van der Waals surface area (Å²) in [7, 11) is 0. The number of nitrogens with one attached hydrogen (secondary N) is 1. The third-order valence-electron chi connectivity index (χ3n) is 2.15. The van der Waals surface area contributed by atoms with Crippen molar-refractivity contribution in [3.63, 3.8) is 0 Å². The smallest absolute Gasteiger partial charge is 0.339 e. The van der Waals surface area contributed by atoms with E-state index in [2.05, 4.69) is 11.2 Å². The lowest BCUT2D eigenvalue weighted by Crippen LogP contribution is -2.32. The monoisotopic (exact) mass is 259 g/mol. The van der Waals surface area contributed by atoms with E-state index in [1.54, 1.807) is 0 Å². The van der Waals surface area contributed by atoms with Crippen molar-refractivity contribution in [3.05, 3.63) is 35.1 Å². The van der Waals surface area contributed by atoms with Crippen LogP contribution < -0.4 is 5.32 Å². The van der Waals surface area contributed by atoms with Gasteiger partial charge in [0.15, 0.2) is 0 Å². The summed E-state index contributed by atoms with van der Waals surface area (Å²) < 4.78 is 50.8. The molecule has 0 bridgehead atoms. The van der Waals surface area contributed by atoms with Gasteiger partial charge in [0, 0.05) is 0 Å². The molecule has 1 aromatic carbocycles. The standard InChI is InChI=1S/C12H9F4NO/c1-3-7(2)17-11(18)8-5-4-6-9(10(8)13)12(14,15)16/h1,4-7H,2H3,(H,17,18). The minimum atomic E-state index is -4.85. The van der Waals surface area contributed by atoms with Crippen molar-refractivity contribution in [1.82, 2.24) is 5.32 Å². The normalized spacial score (nSPS) is 12.7. The number of rotatable bonds is 2. The first-order valence-corrected chi connectivity index (χ1v) is 4.90. The summed E-state index contributed by atoms with van der Waals surface area (Å²) in [5, 5.41) is 2.18. The van der Waals surface area contributed by atoms with Gasteiger partial charge >= 0.3 is 6.18 Å². The maximum Gasteiger partial charge on any atom is 0.419 e. The summed E-state index contributed by atoms with van der Waals surface area (Å²) in [5.41, 5.74) is -2.17. The molecule has 0 radical (unpaired) electrons. The highest BCUT2D eigenvalue weighted by Crippen LogP contribution is 2.32. The Morgan fingerprint density at radius 3 is 2.56 bits per heavy atom.